The van der Waals surface area contributed by atoms with Crippen LogP contribution in [0.5, 0.6) is 0 Å². The lowest BCUT2D eigenvalue weighted by molar-refractivity contribution is 0.0827. The highest BCUT2D eigenvalue weighted by molar-refractivity contribution is 7.09. The zero-order chi connectivity index (χ0) is 20.7. The predicted molar refractivity (Wildman–Crippen MR) is 117 cm³/mol. The van der Waals surface area contributed by atoms with Crippen molar-refractivity contribution in [3.63, 3.8) is 0 Å². The average molecular weight is 402 g/mol. The van der Waals surface area contributed by atoms with Crippen LogP contribution >= 0.6 is 11.3 Å². The van der Waals surface area contributed by atoms with Gasteiger partial charge in [-0.25, -0.2) is 4.98 Å². The van der Waals surface area contributed by atoms with Gasteiger partial charge in [-0.3, -0.25) is 9.79 Å². The number of rotatable bonds is 6. The number of aliphatic imine (C=N–C) groups is 1. The fraction of sp³-hybridized carbons (Fsp3) is 0.476. The molecule has 0 atom stereocenters. The van der Waals surface area contributed by atoms with E-state index in [1.807, 2.05) is 24.3 Å². The van der Waals surface area contributed by atoms with Crippen molar-refractivity contribution in [1.82, 2.24) is 20.5 Å². The maximum Gasteiger partial charge on any atom is 0.253 e. The number of aromatic nitrogens is 1. The van der Waals surface area contributed by atoms with Crippen molar-refractivity contribution in [2.45, 2.75) is 39.2 Å². The lowest BCUT2D eigenvalue weighted by Crippen LogP contribution is -2.37. The van der Waals surface area contributed by atoms with Crippen LogP contribution in [0.3, 0.4) is 0 Å². The van der Waals surface area contributed by atoms with Gasteiger partial charge in [0.25, 0.3) is 5.91 Å². The minimum atomic E-state index is 0.00814. The molecule has 0 bridgehead atoms. The van der Waals surface area contributed by atoms with Crippen LogP contribution in [-0.2, 0) is 18.4 Å². The summed E-state index contributed by atoms with van der Waals surface area (Å²) in [7, 11) is 5.27. The summed E-state index contributed by atoms with van der Waals surface area (Å²) in [4.78, 5) is 22.5. The average Bonchev–Trinajstić information content (AvgIpc) is 3.13. The van der Waals surface area contributed by atoms with Crippen LogP contribution in [0.25, 0.3) is 0 Å². The molecule has 0 aliphatic rings. The number of amides is 1. The Kier molecular flexibility index (Phi) is 7.57. The Morgan fingerprint density at radius 1 is 1.18 bits per heavy atom. The van der Waals surface area contributed by atoms with Crippen molar-refractivity contribution < 1.29 is 4.79 Å². The lowest BCUT2D eigenvalue weighted by atomic mass is 9.93. The number of hydrogen-bond donors (Lipinski definition) is 2. The highest BCUT2D eigenvalue weighted by Gasteiger charge is 2.17. The van der Waals surface area contributed by atoms with Crippen molar-refractivity contribution in [1.29, 1.82) is 0 Å². The van der Waals surface area contributed by atoms with E-state index < -0.39 is 0 Å². The quantitative estimate of drug-likeness (QED) is 0.577. The second-order valence-electron chi connectivity index (χ2n) is 7.88. The molecule has 0 unspecified atom stereocenters. The van der Waals surface area contributed by atoms with E-state index in [2.05, 4.69) is 41.8 Å². The molecule has 1 amide bonds. The van der Waals surface area contributed by atoms with Gasteiger partial charge < -0.3 is 15.5 Å². The number of nitrogens with zero attached hydrogens (tertiary/aromatic N) is 3. The third-order valence-corrected chi connectivity index (χ3v) is 5.15. The van der Waals surface area contributed by atoms with Gasteiger partial charge in [0.05, 0.1) is 10.7 Å². The molecule has 6 nitrogen and oxygen atoms in total. The molecule has 0 spiro atoms. The van der Waals surface area contributed by atoms with E-state index in [0.29, 0.717) is 12.1 Å². The fourth-order valence-electron chi connectivity index (χ4n) is 2.49. The summed E-state index contributed by atoms with van der Waals surface area (Å²) in [6.07, 6.45) is 0.864. The molecule has 1 aromatic heterocycles. The largest absolute Gasteiger partial charge is 0.356 e. The van der Waals surface area contributed by atoms with Crippen LogP contribution in [0.1, 0.15) is 47.4 Å². The van der Waals surface area contributed by atoms with Gasteiger partial charge in [-0.1, -0.05) is 32.9 Å². The van der Waals surface area contributed by atoms with E-state index in [0.717, 1.165) is 35.2 Å². The smallest absolute Gasteiger partial charge is 0.253 e. The van der Waals surface area contributed by atoms with E-state index in [-0.39, 0.29) is 11.3 Å². The van der Waals surface area contributed by atoms with Crippen molar-refractivity contribution in [2.24, 2.45) is 4.99 Å². The maximum atomic E-state index is 11.9. The Hall–Kier alpha value is -2.41. The summed E-state index contributed by atoms with van der Waals surface area (Å²) < 4.78 is 0. The zero-order valence-corrected chi connectivity index (χ0v) is 18.5. The summed E-state index contributed by atoms with van der Waals surface area (Å²) in [6.45, 7) is 7.95. The number of benzene rings is 1. The lowest BCUT2D eigenvalue weighted by Gasteiger charge is -2.14. The van der Waals surface area contributed by atoms with Gasteiger partial charge in [0, 0.05) is 57.0 Å². The minimum Gasteiger partial charge on any atom is -0.356 e. The zero-order valence-electron chi connectivity index (χ0n) is 17.7. The molecule has 2 aromatic rings. The summed E-state index contributed by atoms with van der Waals surface area (Å²) in [5.74, 6) is 0.759. The van der Waals surface area contributed by atoms with Gasteiger partial charge in [-0.15, -0.1) is 11.3 Å². The molecule has 0 aliphatic carbocycles. The van der Waals surface area contributed by atoms with Gasteiger partial charge in [0.15, 0.2) is 5.96 Å². The number of guanidine groups is 1. The second kappa shape index (κ2) is 9.68. The first-order valence-electron chi connectivity index (χ1n) is 9.40. The summed E-state index contributed by atoms with van der Waals surface area (Å²) in [5.41, 5.74) is 3.01. The SMILES string of the molecule is CN=C(NCCc1nc(C(C)(C)C)cs1)NCc1ccc(C(=O)N(C)C)cc1. The first kappa shape index (κ1) is 21.9. The minimum absolute atomic E-state index is 0.00814. The summed E-state index contributed by atoms with van der Waals surface area (Å²) in [6, 6.07) is 7.62. The topological polar surface area (TPSA) is 69.6 Å². The molecular formula is C21H31N5OS. The number of thiazole rings is 1. The van der Waals surface area contributed by atoms with Crippen LogP contribution in [0, 0.1) is 0 Å². The van der Waals surface area contributed by atoms with Gasteiger partial charge in [-0.2, -0.15) is 0 Å². The molecule has 1 aromatic carbocycles. The van der Waals surface area contributed by atoms with Crippen molar-refractivity contribution in [3.05, 3.63) is 51.5 Å². The number of nitrogens with one attached hydrogen (secondary N) is 2. The Labute approximate surface area is 172 Å². The predicted octanol–water partition coefficient (Wildman–Crippen LogP) is 3.05. The van der Waals surface area contributed by atoms with E-state index >= 15 is 0 Å². The molecule has 0 aliphatic heterocycles. The Morgan fingerprint density at radius 2 is 1.86 bits per heavy atom. The van der Waals surface area contributed by atoms with E-state index in [4.69, 9.17) is 4.98 Å². The second-order valence-corrected chi connectivity index (χ2v) is 8.82. The van der Waals surface area contributed by atoms with Gasteiger partial charge in [-0.05, 0) is 17.7 Å². The molecule has 2 N–H and O–H groups in total. The van der Waals surface area contributed by atoms with Crippen LogP contribution < -0.4 is 10.6 Å². The van der Waals surface area contributed by atoms with Crippen molar-refractivity contribution >= 4 is 23.2 Å². The van der Waals surface area contributed by atoms with Crippen molar-refractivity contribution in [2.75, 3.05) is 27.7 Å². The normalized spacial score (nSPS) is 12.0. The molecule has 0 saturated heterocycles. The number of carbonyl (C=O) groups excluding carboxylic acids is 1. The van der Waals surface area contributed by atoms with Crippen LogP contribution in [0.15, 0.2) is 34.6 Å². The molecule has 0 fully saturated rings. The van der Waals surface area contributed by atoms with Crippen LogP contribution in [-0.4, -0.2) is 49.4 Å². The fourth-order valence-corrected chi connectivity index (χ4v) is 3.51. The monoisotopic (exact) mass is 401 g/mol. The van der Waals surface area contributed by atoms with Gasteiger partial charge in [0.1, 0.15) is 0 Å². The van der Waals surface area contributed by atoms with Crippen molar-refractivity contribution in [3.8, 4) is 0 Å². The standard InChI is InChI=1S/C21H31N5OS/c1-21(2,3)17-14-28-18(25-17)11-12-23-20(22-4)24-13-15-7-9-16(10-8-15)19(27)26(5)6/h7-10,14H,11-13H2,1-6H3,(H2,22,23,24). The molecule has 28 heavy (non-hydrogen) atoms. The Morgan fingerprint density at radius 3 is 2.39 bits per heavy atom. The first-order chi connectivity index (χ1) is 13.2. The molecule has 0 radical (unpaired) electrons. The number of carbonyl (C=O) groups is 1. The van der Waals surface area contributed by atoms with Crippen LogP contribution in [0.2, 0.25) is 0 Å². The summed E-state index contributed by atoms with van der Waals surface area (Å²) in [5, 5.41) is 9.90. The molecule has 1 heterocycles. The molecular weight excluding hydrogens is 370 g/mol. The van der Waals surface area contributed by atoms with Gasteiger partial charge in [0.2, 0.25) is 0 Å². The maximum absolute atomic E-state index is 11.9. The van der Waals surface area contributed by atoms with E-state index in [1.165, 1.54) is 0 Å². The molecule has 2 rings (SSSR count). The third-order valence-electron chi connectivity index (χ3n) is 4.24. The highest BCUT2D eigenvalue weighted by Crippen LogP contribution is 2.23. The van der Waals surface area contributed by atoms with Crippen LogP contribution in [0.4, 0.5) is 0 Å². The highest BCUT2D eigenvalue weighted by atomic mass is 32.1. The molecule has 152 valence electrons. The molecule has 0 saturated carbocycles. The van der Waals surface area contributed by atoms with E-state index in [9.17, 15) is 4.79 Å². The summed E-state index contributed by atoms with van der Waals surface area (Å²) >= 11 is 1.71. The Bertz CT molecular complexity index is 803. The Balaban J connectivity index is 1.80. The first-order valence-corrected chi connectivity index (χ1v) is 10.3. The van der Waals surface area contributed by atoms with Gasteiger partial charge >= 0.3 is 0 Å². The molecule has 7 heteroatoms. The third kappa shape index (κ3) is 6.34. The number of hydrogen-bond acceptors (Lipinski definition) is 4. The van der Waals surface area contributed by atoms with E-state index in [1.54, 1.807) is 37.4 Å².